The maximum absolute atomic E-state index is 11.4. The van der Waals surface area contributed by atoms with Crippen molar-refractivity contribution in [3.05, 3.63) is 77.3 Å². The second-order valence-electron chi connectivity index (χ2n) is 9.14. The molecule has 0 bridgehead atoms. The number of piperidine rings is 1. The third-order valence-corrected chi connectivity index (χ3v) is 7.04. The third-order valence-electron chi connectivity index (χ3n) is 6.85. The number of hydrogen-bond acceptors (Lipinski definition) is 6. The fourth-order valence-electron chi connectivity index (χ4n) is 4.73. The average molecular weight is 495 g/mol. The first-order valence-corrected chi connectivity index (χ1v) is 12.4. The summed E-state index contributed by atoms with van der Waals surface area (Å²) in [5.41, 5.74) is 1.90. The standard InChI is InChI=1S/C27H31ClN4O3/c1-19(20-8-13-32(14-9-20)27-30-17-23(28)18-31-27)10-15-35-24-4-2-21(3-5-24)25(16-26(33)34)22-6-11-29-12-7-22/h2-7,11-12,17-20,25H,8-10,13-16H2,1H3,(H,33,34)/t19-,25?/m1/s1. The van der Waals surface area contributed by atoms with Crippen LogP contribution in [-0.4, -0.2) is 45.7 Å². The predicted molar refractivity (Wildman–Crippen MR) is 136 cm³/mol. The monoisotopic (exact) mass is 494 g/mol. The number of benzene rings is 1. The minimum atomic E-state index is -0.826. The van der Waals surface area contributed by atoms with Crippen LogP contribution in [0, 0.1) is 11.8 Å². The molecule has 3 aromatic rings. The summed E-state index contributed by atoms with van der Waals surface area (Å²) in [7, 11) is 0. The topological polar surface area (TPSA) is 88.4 Å². The Bertz CT molecular complexity index is 1070. The van der Waals surface area contributed by atoms with Gasteiger partial charge in [0.1, 0.15) is 5.75 Å². The van der Waals surface area contributed by atoms with Crippen molar-refractivity contribution in [2.45, 2.75) is 38.5 Å². The Balaban J connectivity index is 1.25. The number of nitrogens with zero attached hydrogens (tertiary/aromatic N) is 4. The summed E-state index contributed by atoms with van der Waals surface area (Å²) >= 11 is 5.89. The normalized spacial score (nSPS) is 16.0. The van der Waals surface area contributed by atoms with Gasteiger partial charge in [-0.1, -0.05) is 30.7 Å². The van der Waals surface area contributed by atoms with Crippen LogP contribution < -0.4 is 9.64 Å². The second kappa shape index (κ2) is 12.0. The van der Waals surface area contributed by atoms with Gasteiger partial charge in [-0.05, 0) is 66.5 Å². The summed E-state index contributed by atoms with van der Waals surface area (Å²) in [4.78, 5) is 26.3. The molecule has 1 aliphatic heterocycles. The summed E-state index contributed by atoms with van der Waals surface area (Å²) in [5, 5.41) is 9.92. The van der Waals surface area contributed by atoms with Gasteiger partial charge in [-0.3, -0.25) is 9.78 Å². The minimum absolute atomic E-state index is 0.0324. The Morgan fingerprint density at radius 1 is 1.09 bits per heavy atom. The molecule has 0 radical (unpaired) electrons. The summed E-state index contributed by atoms with van der Waals surface area (Å²) in [6.45, 7) is 4.86. The number of aliphatic carboxylic acids is 1. The maximum Gasteiger partial charge on any atom is 0.304 e. The number of ether oxygens (including phenoxy) is 1. The van der Waals surface area contributed by atoms with E-state index in [9.17, 15) is 9.90 Å². The lowest BCUT2D eigenvalue weighted by Crippen LogP contribution is -2.36. The Morgan fingerprint density at radius 3 is 2.34 bits per heavy atom. The van der Waals surface area contributed by atoms with Crippen LogP contribution in [-0.2, 0) is 4.79 Å². The molecule has 1 aromatic carbocycles. The number of pyridine rings is 1. The molecule has 1 unspecified atom stereocenters. The second-order valence-corrected chi connectivity index (χ2v) is 9.58. The van der Waals surface area contributed by atoms with Gasteiger partial charge in [-0.25, -0.2) is 9.97 Å². The highest BCUT2D eigenvalue weighted by molar-refractivity contribution is 6.30. The van der Waals surface area contributed by atoms with Crippen LogP contribution >= 0.6 is 11.6 Å². The molecular formula is C27H31ClN4O3. The lowest BCUT2D eigenvalue weighted by molar-refractivity contribution is -0.137. The van der Waals surface area contributed by atoms with Crippen molar-refractivity contribution in [3.63, 3.8) is 0 Å². The van der Waals surface area contributed by atoms with Gasteiger partial charge >= 0.3 is 5.97 Å². The number of anilines is 1. The van der Waals surface area contributed by atoms with Crippen molar-refractivity contribution in [2.75, 3.05) is 24.6 Å². The van der Waals surface area contributed by atoms with Gasteiger partial charge in [0.15, 0.2) is 0 Å². The maximum atomic E-state index is 11.4. The van der Waals surface area contributed by atoms with Crippen LogP contribution in [0.15, 0.2) is 61.2 Å². The molecule has 2 atom stereocenters. The summed E-state index contributed by atoms with van der Waals surface area (Å²) in [6, 6.07) is 11.5. The van der Waals surface area contributed by atoms with Gasteiger partial charge in [0.05, 0.1) is 30.4 Å². The zero-order chi connectivity index (χ0) is 24.6. The van der Waals surface area contributed by atoms with E-state index in [-0.39, 0.29) is 12.3 Å². The zero-order valence-electron chi connectivity index (χ0n) is 19.9. The Labute approximate surface area is 211 Å². The predicted octanol–water partition coefficient (Wildman–Crippen LogP) is 5.45. The first kappa shape index (κ1) is 24.9. The number of carboxylic acid groups (broad SMARTS) is 1. The Morgan fingerprint density at radius 2 is 1.71 bits per heavy atom. The van der Waals surface area contributed by atoms with Crippen LogP contribution in [0.5, 0.6) is 5.75 Å². The molecule has 35 heavy (non-hydrogen) atoms. The molecule has 1 saturated heterocycles. The highest BCUT2D eigenvalue weighted by atomic mass is 35.5. The molecule has 0 spiro atoms. The van der Waals surface area contributed by atoms with E-state index in [0.717, 1.165) is 55.2 Å². The first-order valence-electron chi connectivity index (χ1n) is 12.1. The SMILES string of the molecule is C[C@H](CCOc1ccc(C(CC(=O)O)c2ccncc2)cc1)C1CCN(c2ncc(Cl)cn2)CC1. The van der Waals surface area contributed by atoms with Crippen molar-refractivity contribution < 1.29 is 14.6 Å². The van der Waals surface area contributed by atoms with E-state index in [1.165, 1.54) is 0 Å². The molecule has 0 aliphatic carbocycles. The van der Waals surface area contributed by atoms with E-state index in [1.54, 1.807) is 24.8 Å². The third kappa shape index (κ3) is 6.92. The molecule has 184 valence electrons. The van der Waals surface area contributed by atoms with Gasteiger partial charge < -0.3 is 14.7 Å². The van der Waals surface area contributed by atoms with E-state index >= 15 is 0 Å². The summed E-state index contributed by atoms with van der Waals surface area (Å²) in [5.74, 6) is 1.73. The number of aromatic nitrogens is 3. The van der Waals surface area contributed by atoms with Crippen molar-refractivity contribution in [1.29, 1.82) is 0 Å². The van der Waals surface area contributed by atoms with Crippen molar-refractivity contribution in [3.8, 4) is 5.75 Å². The first-order chi connectivity index (χ1) is 17.0. The lowest BCUT2D eigenvalue weighted by atomic mass is 9.84. The van der Waals surface area contributed by atoms with Gasteiger partial charge in [-0.15, -0.1) is 0 Å². The van der Waals surface area contributed by atoms with Crippen LogP contribution in [0.25, 0.3) is 0 Å². The lowest BCUT2D eigenvalue weighted by Gasteiger charge is -2.34. The summed E-state index contributed by atoms with van der Waals surface area (Å²) in [6.07, 6.45) is 9.93. The van der Waals surface area contributed by atoms with E-state index in [2.05, 4.69) is 26.8 Å². The average Bonchev–Trinajstić information content (AvgIpc) is 2.89. The van der Waals surface area contributed by atoms with Crippen molar-refractivity contribution in [2.24, 2.45) is 11.8 Å². The number of carbonyl (C=O) groups is 1. The molecular weight excluding hydrogens is 464 g/mol. The van der Waals surface area contributed by atoms with Crippen molar-refractivity contribution in [1.82, 2.24) is 15.0 Å². The molecule has 3 heterocycles. The number of halogens is 1. The van der Waals surface area contributed by atoms with E-state index in [1.807, 2.05) is 36.4 Å². The number of carboxylic acids is 1. The van der Waals surface area contributed by atoms with Crippen molar-refractivity contribution >= 4 is 23.5 Å². The van der Waals surface area contributed by atoms with Crippen LogP contribution in [0.2, 0.25) is 5.02 Å². The summed E-state index contributed by atoms with van der Waals surface area (Å²) < 4.78 is 6.02. The fourth-order valence-corrected chi connectivity index (χ4v) is 4.83. The smallest absolute Gasteiger partial charge is 0.304 e. The largest absolute Gasteiger partial charge is 0.494 e. The van der Waals surface area contributed by atoms with E-state index in [0.29, 0.717) is 23.5 Å². The minimum Gasteiger partial charge on any atom is -0.494 e. The molecule has 8 heteroatoms. The van der Waals surface area contributed by atoms with Gasteiger partial charge in [0.2, 0.25) is 5.95 Å². The zero-order valence-corrected chi connectivity index (χ0v) is 20.6. The molecule has 1 aliphatic rings. The van der Waals surface area contributed by atoms with Gasteiger partial charge in [-0.2, -0.15) is 0 Å². The van der Waals surface area contributed by atoms with Crippen LogP contribution in [0.3, 0.4) is 0 Å². The van der Waals surface area contributed by atoms with Gasteiger partial charge in [0.25, 0.3) is 0 Å². The van der Waals surface area contributed by atoms with Gasteiger partial charge in [0, 0.05) is 31.4 Å². The van der Waals surface area contributed by atoms with Crippen LogP contribution in [0.1, 0.15) is 49.7 Å². The molecule has 0 saturated carbocycles. The molecule has 0 amide bonds. The molecule has 1 N–H and O–H groups in total. The quantitative estimate of drug-likeness (QED) is 0.400. The molecule has 2 aromatic heterocycles. The van der Waals surface area contributed by atoms with Crippen LogP contribution in [0.4, 0.5) is 5.95 Å². The number of rotatable bonds is 10. The Hall–Kier alpha value is -3.19. The Kier molecular flexibility index (Phi) is 8.53. The van der Waals surface area contributed by atoms with E-state index < -0.39 is 5.97 Å². The molecule has 4 rings (SSSR count). The highest BCUT2D eigenvalue weighted by Gasteiger charge is 2.25. The molecule has 7 nitrogen and oxygen atoms in total. The fraction of sp³-hybridized carbons (Fsp3) is 0.407. The van der Waals surface area contributed by atoms with E-state index in [4.69, 9.17) is 16.3 Å². The highest BCUT2D eigenvalue weighted by Crippen LogP contribution is 2.31. The molecule has 1 fully saturated rings. The number of hydrogen-bond donors (Lipinski definition) is 1.